The quantitative estimate of drug-likeness (QED) is 0.811. The molecular weight excluding hydrogens is 210 g/mol. The van der Waals surface area contributed by atoms with Crippen LogP contribution < -0.4 is 5.73 Å². The molecule has 0 aromatic carbocycles. The Labute approximate surface area is 106 Å². The minimum Gasteiger partial charge on any atom is -0.329 e. The molecule has 0 bridgehead atoms. The molecule has 3 nitrogen and oxygen atoms in total. The van der Waals surface area contributed by atoms with E-state index in [1.165, 1.54) is 45.4 Å². The van der Waals surface area contributed by atoms with Crippen LogP contribution in [0.15, 0.2) is 0 Å². The van der Waals surface area contributed by atoms with Crippen molar-refractivity contribution in [1.29, 1.82) is 0 Å². The molecule has 0 aromatic heterocycles. The van der Waals surface area contributed by atoms with Crippen molar-refractivity contribution in [1.82, 2.24) is 9.80 Å². The molecule has 0 radical (unpaired) electrons. The standard InChI is InChI=1S/C14H29N3/c1-14(2,3)9-13(10-15)17-8-7-16-6-4-5-12(16)11-17/h12-13H,4-11,15H2,1-3H3. The van der Waals surface area contributed by atoms with Gasteiger partial charge in [0.1, 0.15) is 0 Å². The van der Waals surface area contributed by atoms with Crippen LogP contribution in [0.25, 0.3) is 0 Å². The van der Waals surface area contributed by atoms with Crippen molar-refractivity contribution in [2.75, 3.05) is 32.7 Å². The summed E-state index contributed by atoms with van der Waals surface area (Å²) in [5.74, 6) is 0. The number of hydrogen-bond donors (Lipinski definition) is 1. The second kappa shape index (κ2) is 5.25. The number of fused-ring (bicyclic) bond motifs is 1. The molecule has 0 saturated carbocycles. The Bertz CT molecular complexity index is 246. The summed E-state index contributed by atoms with van der Waals surface area (Å²) in [6.45, 7) is 12.8. The van der Waals surface area contributed by atoms with Gasteiger partial charge in [-0.15, -0.1) is 0 Å². The fourth-order valence-electron chi connectivity index (χ4n) is 3.42. The Kier molecular flexibility index (Phi) is 4.11. The molecule has 2 aliphatic heterocycles. The first-order chi connectivity index (χ1) is 7.99. The van der Waals surface area contributed by atoms with Gasteiger partial charge in [-0.25, -0.2) is 0 Å². The van der Waals surface area contributed by atoms with E-state index in [4.69, 9.17) is 5.73 Å². The van der Waals surface area contributed by atoms with Crippen molar-refractivity contribution in [3.63, 3.8) is 0 Å². The lowest BCUT2D eigenvalue weighted by Gasteiger charge is -2.43. The van der Waals surface area contributed by atoms with Crippen LogP contribution in [0.5, 0.6) is 0 Å². The minimum absolute atomic E-state index is 0.386. The maximum absolute atomic E-state index is 5.99. The van der Waals surface area contributed by atoms with Crippen molar-refractivity contribution in [2.45, 2.75) is 52.1 Å². The first-order valence-electron chi connectivity index (χ1n) is 7.18. The third kappa shape index (κ3) is 3.43. The highest BCUT2D eigenvalue weighted by molar-refractivity contribution is 4.90. The first kappa shape index (κ1) is 13.3. The highest BCUT2D eigenvalue weighted by atomic mass is 15.3. The van der Waals surface area contributed by atoms with E-state index in [0.29, 0.717) is 11.5 Å². The molecule has 2 atom stereocenters. The molecule has 2 heterocycles. The molecule has 2 N–H and O–H groups in total. The summed E-state index contributed by atoms with van der Waals surface area (Å²) < 4.78 is 0. The predicted molar refractivity (Wildman–Crippen MR) is 73.1 cm³/mol. The molecule has 2 rings (SSSR count). The van der Waals surface area contributed by atoms with Gasteiger partial charge in [0.05, 0.1) is 0 Å². The monoisotopic (exact) mass is 239 g/mol. The van der Waals surface area contributed by atoms with Gasteiger partial charge in [-0.1, -0.05) is 20.8 Å². The Balaban J connectivity index is 1.91. The van der Waals surface area contributed by atoms with Crippen LogP contribution in [0.1, 0.15) is 40.0 Å². The number of nitrogens with zero attached hydrogens (tertiary/aromatic N) is 2. The second-order valence-electron chi connectivity index (χ2n) is 6.98. The molecule has 0 aromatic rings. The molecule has 2 aliphatic rings. The fourth-order valence-corrected chi connectivity index (χ4v) is 3.42. The van der Waals surface area contributed by atoms with E-state index in [2.05, 4.69) is 30.6 Å². The molecule has 3 heteroatoms. The Morgan fingerprint density at radius 3 is 2.65 bits per heavy atom. The van der Waals surface area contributed by atoms with E-state index in [1.807, 2.05) is 0 Å². The molecule has 2 saturated heterocycles. The number of hydrogen-bond acceptors (Lipinski definition) is 3. The lowest BCUT2D eigenvalue weighted by Crippen LogP contribution is -2.55. The molecular formula is C14H29N3. The van der Waals surface area contributed by atoms with Gasteiger partial charge in [0, 0.05) is 38.3 Å². The van der Waals surface area contributed by atoms with Crippen LogP contribution in [0.2, 0.25) is 0 Å². The predicted octanol–water partition coefficient (Wildman–Crippen LogP) is 1.53. The zero-order valence-electron chi connectivity index (χ0n) is 11.8. The molecule has 0 amide bonds. The first-order valence-corrected chi connectivity index (χ1v) is 7.18. The zero-order valence-corrected chi connectivity index (χ0v) is 11.8. The highest BCUT2D eigenvalue weighted by Crippen LogP contribution is 2.27. The normalized spacial score (nSPS) is 29.3. The molecule has 0 spiro atoms. The van der Waals surface area contributed by atoms with Crippen LogP contribution in [-0.4, -0.2) is 54.6 Å². The van der Waals surface area contributed by atoms with Gasteiger partial charge in [0.2, 0.25) is 0 Å². The summed E-state index contributed by atoms with van der Waals surface area (Å²) in [5.41, 5.74) is 6.38. The van der Waals surface area contributed by atoms with Gasteiger partial charge in [-0.05, 0) is 31.2 Å². The third-order valence-electron chi connectivity index (χ3n) is 4.26. The van der Waals surface area contributed by atoms with E-state index >= 15 is 0 Å². The molecule has 17 heavy (non-hydrogen) atoms. The maximum atomic E-state index is 5.99. The van der Waals surface area contributed by atoms with Crippen LogP contribution in [0, 0.1) is 5.41 Å². The van der Waals surface area contributed by atoms with Crippen molar-refractivity contribution < 1.29 is 0 Å². The van der Waals surface area contributed by atoms with Crippen LogP contribution in [0.4, 0.5) is 0 Å². The van der Waals surface area contributed by atoms with Gasteiger partial charge < -0.3 is 5.73 Å². The molecule has 2 unspecified atom stereocenters. The minimum atomic E-state index is 0.386. The van der Waals surface area contributed by atoms with Crippen molar-refractivity contribution >= 4 is 0 Å². The largest absolute Gasteiger partial charge is 0.329 e. The Hall–Kier alpha value is -0.120. The number of nitrogens with two attached hydrogens (primary N) is 1. The smallest absolute Gasteiger partial charge is 0.0224 e. The number of piperazine rings is 1. The topological polar surface area (TPSA) is 32.5 Å². The summed E-state index contributed by atoms with van der Waals surface area (Å²) in [6.07, 6.45) is 4.00. The van der Waals surface area contributed by atoms with Crippen molar-refractivity contribution in [3.8, 4) is 0 Å². The van der Waals surface area contributed by atoms with Gasteiger partial charge >= 0.3 is 0 Å². The summed E-state index contributed by atoms with van der Waals surface area (Å²) in [7, 11) is 0. The van der Waals surface area contributed by atoms with Gasteiger partial charge in [0.15, 0.2) is 0 Å². The molecule has 0 aliphatic carbocycles. The summed E-state index contributed by atoms with van der Waals surface area (Å²) in [6, 6.07) is 1.40. The lowest BCUT2D eigenvalue weighted by molar-refractivity contribution is 0.0585. The fraction of sp³-hybridized carbons (Fsp3) is 1.00. The molecule has 2 fully saturated rings. The highest BCUT2D eigenvalue weighted by Gasteiger charge is 2.33. The van der Waals surface area contributed by atoms with Crippen molar-refractivity contribution in [2.24, 2.45) is 11.1 Å². The summed E-state index contributed by atoms with van der Waals surface area (Å²) in [4.78, 5) is 5.32. The van der Waals surface area contributed by atoms with Crippen LogP contribution in [0.3, 0.4) is 0 Å². The van der Waals surface area contributed by atoms with Gasteiger partial charge in [-0.3, -0.25) is 9.80 Å². The maximum Gasteiger partial charge on any atom is 0.0224 e. The van der Waals surface area contributed by atoms with E-state index in [0.717, 1.165) is 12.6 Å². The summed E-state index contributed by atoms with van der Waals surface area (Å²) >= 11 is 0. The van der Waals surface area contributed by atoms with E-state index in [9.17, 15) is 0 Å². The average Bonchev–Trinajstić information content (AvgIpc) is 2.71. The van der Waals surface area contributed by atoms with E-state index < -0.39 is 0 Å². The number of rotatable bonds is 3. The van der Waals surface area contributed by atoms with Gasteiger partial charge in [-0.2, -0.15) is 0 Å². The van der Waals surface area contributed by atoms with Gasteiger partial charge in [0.25, 0.3) is 0 Å². The van der Waals surface area contributed by atoms with Crippen LogP contribution in [-0.2, 0) is 0 Å². The lowest BCUT2D eigenvalue weighted by atomic mass is 9.87. The summed E-state index contributed by atoms with van der Waals surface area (Å²) in [5, 5.41) is 0. The zero-order chi connectivity index (χ0) is 12.5. The van der Waals surface area contributed by atoms with Crippen LogP contribution >= 0.6 is 0 Å². The van der Waals surface area contributed by atoms with E-state index in [-0.39, 0.29) is 0 Å². The third-order valence-corrected chi connectivity index (χ3v) is 4.26. The Morgan fingerprint density at radius 2 is 2.00 bits per heavy atom. The van der Waals surface area contributed by atoms with E-state index in [1.54, 1.807) is 0 Å². The SMILES string of the molecule is CC(C)(C)CC(CN)N1CCN2CCCC2C1. The average molecular weight is 239 g/mol. The Morgan fingerprint density at radius 1 is 1.24 bits per heavy atom. The second-order valence-corrected chi connectivity index (χ2v) is 6.98. The van der Waals surface area contributed by atoms with Crippen molar-refractivity contribution in [3.05, 3.63) is 0 Å². The molecule has 100 valence electrons.